The van der Waals surface area contributed by atoms with Crippen LogP contribution in [0, 0.1) is 2.88 Å². The van der Waals surface area contributed by atoms with E-state index < -0.39 is 0 Å². The number of alkyl halides is 1. The van der Waals surface area contributed by atoms with Crippen molar-refractivity contribution in [3.63, 3.8) is 0 Å². The Balaban J connectivity index is 2.80. The van der Waals surface area contributed by atoms with Crippen LogP contribution >= 0.6 is 61.5 Å². The molecule has 0 amide bonds. The summed E-state index contributed by atoms with van der Waals surface area (Å²) in [7, 11) is 0. The van der Waals surface area contributed by atoms with Crippen molar-refractivity contribution in [1.29, 1.82) is 0 Å². The molecular weight excluding hydrogens is 382 g/mol. The molecule has 0 saturated carbocycles. The van der Waals surface area contributed by atoms with Gasteiger partial charge in [-0.15, -0.1) is 11.3 Å². The van der Waals surface area contributed by atoms with Gasteiger partial charge >= 0.3 is 0 Å². The molecule has 2 rings (SSSR count). The Labute approximate surface area is 108 Å². The van der Waals surface area contributed by atoms with Gasteiger partial charge in [-0.3, -0.25) is 0 Å². The first-order valence-electron chi connectivity index (χ1n) is 3.64. The van der Waals surface area contributed by atoms with Crippen molar-refractivity contribution < 1.29 is 0 Å². The van der Waals surface area contributed by atoms with Crippen LogP contribution in [0.5, 0.6) is 0 Å². The average Bonchev–Trinajstić information content (AvgIpc) is 2.43. The highest BCUT2D eigenvalue weighted by molar-refractivity contribution is 14.1. The Morgan fingerprint density at radius 1 is 1.38 bits per heavy atom. The third kappa shape index (κ3) is 2.03. The molecule has 0 spiro atoms. The third-order valence-corrected chi connectivity index (χ3v) is 4.47. The second-order valence-electron chi connectivity index (χ2n) is 2.66. The van der Waals surface area contributed by atoms with E-state index in [-0.39, 0.29) is 0 Å². The summed E-state index contributed by atoms with van der Waals surface area (Å²) in [6.07, 6.45) is 0. The van der Waals surface area contributed by atoms with Crippen LogP contribution in [0.3, 0.4) is 0 Å². The highest BCUT2D eigenvalue weighted by atomic mass is 127. The van der Waals surface area contributed by atoms with Crippen LogP contribution in [-0.4, -0.2) is 0 Å². The molecule has 4 heteroatoms. The Morgan fingerprint density at radius 3 is 2.85 bits per heavy atom. The van der Waals surface area contributed by atoms with E-state index in [0.29, 0.717) is 0 Å². The van der Waals surface area contributed by atoms with Crippen molar-refractivity contribution in [2.75, 3.05) is 0 Å². The summed E-state index contributed by atoms with van der Waals surface area (Å²) in [5.41, 5.74) is 1.27. The largest absolute Gasteiger partial charge is 0.129 e. The number of rotatable bonds is 1. The van der Waals surface area contributed by atoms with Gasteiger partial charge in [-0.1, -0.05) is 27.5 Å². The fourth-order valence-corrected chi connectivity index (χ4v) is 3.92. The summed E-state index contributed by atoms with van der Waals surface area (Å²) >= 11 is 13.6. The lowest BCUT2D eigenvalue weighted by Crippen LogP contribution is -1.77. The van der Waals surface area contributed by atoms with E-state index in [1.807, 2.05) is 12.1 Å². The zero-order valence-corrected chi connectivity index (χ0v) is 11.8. The quantitative estimate of drug-likeness (QED) is 0.474. The third-order valence-electron chi connectivity index (χ3n) is 1.80. The summed E-state index contributed by atoms with van der Waals surface area (Å²) in [4.78, 5) is 0. The van der Waals surface area contributed by atoms with Crippen molar-refractivity contribution in [1.82, 2.24) is 0 Å². The molecule has 0 atom stereocenters. The topological polar surface area (TPSA) is 0 Å². The SMILES string of the molecule is Clc1cc(CBr)c2cc(I)sc2c1. The minimum Gasteiger partial charge on any atom is -0.129 e. The van der Waals surface area contributed by atoms with Crippen LogP contribution in [0.4, 0.5) is 0 Å². The van der Waals surface area contributed by atoms with Gasteiger partial charge in [0.1, 0.15) is 0 Å². The summed E-state index contributed by atoms with van der Waals surface area (Å²) in [6, 6.07) is 6.24. The lowest BCUT2D eigenvalue weighted by molar-refractivity contribution is 1.50. The number of hydrogen-bond acceptors (Lipinski definition) is 1. The molecule has 13 heavy (non-hydrogen) atoms. The van der Waals surface area contributed by atoms with Crippen molar-refractivity contribution in [2.24, 2.45) is 0 Å². The minimum absolute atomic E-state index is 0.820. The fourth-order valence-electron chi connectivity index (χ4n) is 1.25. The molecule has 0 bridgehead atoms. The molecule has 1 aromatic carbocycles. The number of thiophene rings is 1. The van der Waals surface area contributed by atoms with E-state index in [9.17, 15) is 0 Å². The van der Waals surface area contributed by atoms with E-state index in [4.69, 9.17) is 11.6 Å². The molecule has 0 N–H and O–H groups in total. The van der Waals surface area contributed by atoms with E-state index >= 15 is 0 Å². The first kappa shape index (κ1) is 10.2. The lowest BCUT2D eigenvalue weighted by Gasteiger charge is -1.98. The van der Waals surface area contributed by atoms with Crippen molar-refractivity contribution in [3.05, 3.63) is 31.7 Å². The van der Waals surface area contributed by atoms with Crippen LogP contribution in [0.2, 0.25) is 5.02 Å². The van der Waals surface area contributed by atoms with Gasteiger partial charge in [0.25, 0.3) is 0 Å². The maximum atomic E-state index is 6.00. The maximum absolute atomic E-state index is 6.00. The normalized spacial score (nSPS) is 11.0. The van der Waals surface area contributed by atoms with E-state index in [0.717, 1.165) is 10.4 Å². The van der Waals surface area contributed by atoms with Crippen LogP contribution in [0.25, 0.3) is 10.1 Å². The molecule has 0 aliphatic rings. The summed E-state index contributed by atoms with van der Waals surface area (Å²) in [5, 5.41) is 2.99. The van der Waals surface area contributed by atoms with E-state index in [1.165, 1.54) is 18.5 Å². The zero-order valence-electron chi connectivity index (χ0n) is 6.48. The van der Waals surface area contributed by atoms with Crippen LogP contribution in [-0.2, 0) is 5.33 Å². The van der Waals surface area contributed by atoms with Gasteiger partial charge in [-0.05, 0) is 51.7 Å². The predicted octanol–water partition coefficient (Wildman–Crippen LogP) is 5.05. The van der Waals surface area contributed by atoms with Gasteiger partial charge in [-0.25, -0.2) is 0 Å². The van der Waals surface area contributed by atoms with Crippen LogP contribution in [0.15, 0.2) is 18.2 Å². The number of halogens is 3. The minimum atomic E-state index is 0.820. The summed E-state index contributed by atoms with van der Waals surface area (Å²) in [5.74, 6) is 0. The average molecular weight is 387 g/mol. The highest BCUT2D eigenvalue weighted by Gasteiger charge is 2.05. The molecule has 0 unspecified atom stereocenters. The molecule has 68 valence electrons. The molecule has 0 saturated heterocycles. The molecular formula is C9H5BrClIS. The van der Waals surface area contributed by atoms with Gasteiger partial charge in [0, 0.05) is 15.1 Å². The first-order chi connectivity index (χ1) is 6.20. The maximum Gasteiger partial charge on any atom is 0.0666 e. The molecule has 1 heterocycles. The highest BCUT2D eigenvalue weighted by Crippen LogP contribution is 2.32. The molecule has 1 aromatic heterocycles. The number of hydrogen-bond donors (Lipinski definition) is 0. The van der Waals surface area contributed by atoms with Crippen molar-refractivity contribution in [3.8, 4) is 0 Å². The van der Waals surface area contributed by atoms with Crippen LogP contribution in [0.1, 0.15) is 5.56 Å². The van der Waals surface area contributed by atoms with Gasteiger partial charge in [0.2, 0.25) is 0 Å². The van der Waals surface area contributed by atoms with Crippen LogP contribution < -0.4 is 0 Å². The standard InChI is InChI=1S/C9H5BrClIS/c10-4-5-1-6(11)2-8-7(5)3-9(12)13-8/h1-3H,4H2. The lowest BCUT2D eigenvalue weighted by atomic mass is 10.1. The second-order valence-corrected chi connectivity index (χ2v) is 6.64. The van der Waals surface area contributed by atoms with E-state index in [2.05, 4.69) is 44.6 Å². The Hall–Kier alpha value is 0.680. The Bertz CT molecular complexity index is 452. The molecule has 0 aliphatic heterocycles. The first-order valence-corrected chi connectivity index (χ1v) is 7.03. The molecule has 0 radical (unpaired) electrons. The predicted molar refractivity (Wildman–Crippen MR) is 72.2 cm³/mol. The molecule has 0 nitrogen and oxygen atoms in total. The summed E-state index contributed by atoms with van der Waals surface area (Å²) < 4.78 is 2.57. The second kappa shape index (κ2) is 4.04. The molecule has 2 aromatic rings. The van der Waals surface area contributed by atoms with Gasteiger partial charge in [0.15, 0.2) is 0 Å². The van der Waals surface area contributed by atoms with Gasteiger partial charge < -0.3 is 0 Å². The fraction of sp³-hybridized carbons (Fsp3) is 0.111. The van der Waals surface area contributed by atoms with Crippen molar-refractivity contribution in [2.45, 2.75) is 5.33 Å². The number of fused-ring (bicyclic) bond motifs is 1. The van der Waals surface area contributed by atoms with Gasteiger partial charge in [-0.2, -0.15) is 0 Å². The zero-order chi connectivity index (χ0) is 9.42. The monoisotopic (exact) mass is 386 g/mol. The van der Waals surface area contributed by atoms with Gasteiger partial charge in [0.05, 0.1) is 2.88 Å². The summed E-state index contributed by atoms with van der Waals surface area (Å²) in [6.45, 7) is 0. The van der Waals surface area contributed by atoms with E-state index in [1.54, 1.807) is 11.3 Å². The van der Waals surface area contributed by atoms with Crippen molar-refractivity contribution >= 4 is 71.5 Å². The molecule has 0 fully saturated rings. The number of benzene rings is 1. The smallest absolute Gasteiger partial charge is 0.0666 e. The Kier molecular flexibility index (Phi) is 3.18. The Morgan fingerprint density at radius 2 is 2.15 bits per heavy atom. The molecule has 0 aliphatic carbocycles.